The van der Waals surface area contributed by atoms with Gasteiger partial charge in [0.15, 0.2) is 0 Å². The highest BCUT2D eigenvalue weighted by Crippen LogP contribution is 2.39. The Hall–Kier alpha value is -4.24. The van der Waals surface area contributed by atoms with Crippen LogP contribution in [0.1, 0.15) is 41.9 Å². The summed E-state index contributed by atoms with van der Waals surface area (Å²) in [6.07, 6.45) is 9.62. The van der Waals surface area contributed by atoms with Crippen molar-refractivity contribution < 1.29 is 4.79 Å². The second-order valence-corrected chi connectivity index (χ2v) is 8.02. The fourth-order valence-electron chi connectivity index (χ4n) is 3.72. The zero-order valence-corrected chi connectivity index (χ0v) is 18.3. The average molecular weight is 434 g/mol. The maximum Gasteiger partial charge on any atom is 0.274 e. The summed E-state index contributed by atoms with van der Waals surface area (Å²) in [5, 5.41) is 2.95. The first-order valence-corrected chi connectivity index (χ1v) is 11.0. The number of rotatable bonds is 6. The molecule has 0 saturated heterocycles. The van der Waals surface area contributed by atoms with Gasteiger partial charge in [-0.1, -0.05) is 24.1 Å². The molecule has 1 amide bonds. The molecule has 1 aromatic carbocycles. The van der Waals surface area contributed by atoms with Crippen molar-refractivity contribution in [2.45, 2.75) is 32.2 Å². The largest absolute Gasteiger partial charge is 0.321 e. The lowest BCUT2D eigenvalue weighted by atomic mass is 10.1. The molecule has 5 rings (SSSR count). The summed E-state index contributed by atoms with van der Waals surface area (Å²) in [7, 11) is 0. The number of amides is 1. The van der Waals surface area contributed by atoms with E-state index in [1.165, 1.54) is 12.8 Å². The molecule has 6 heteroatoms. The Balaban J connectivity index is 1.34. The van der Waals surface area contributed by atoms with E-state index in [1.54, 1.807) is 18.5 Å². The molecule has 1 fully saturated rings. The third-order valence-electron chi connectivity index (χ3n) is 5.63. The molecule has 33 heavy (non-hydrogen) atoms. The van der Waals surface area contributed by atoms with Gasteiger partial charge in [-0.15, -0.1) is 5.92 Å². The van der Waals surface area contributed by atoms with Crippen molar-refractivity contribution in [2.75, 3.05) is 5.32 Å². The normalized spacial score (nSPS) is 12.6. The monoisotopic (exact) mass is 433 g/mol. The van der Waals surface area contributed by atoms with Gasteiger partial charge in [0, 0.05) is 53.2 Å². The van der Waals surface area contributed by atoms with Crippen LogP contribution >= 0.6 is 0 Å². The summed E-state index contributed by atoms with van der Waals surface area (Å²) in [6.45, 7) is 2.38. The van der Waals surface area contributed by atoms with Gasteiger partial charge in [-0.25, -0.2) is 4.98 Å². The number of nitrogens with one attached hydrogen (secondary N) is 1. The van der Waals surface area contributed by atoms with Crippen LogP contribution in [0.25, 0.3) is 22.5 Å². The number of nitrogens with zero attached hydrogens (tertiary/aromatic N) is 4. The van der Waals surface area contributed by atoms with Gasteiger partial charge >= 0.3 is 0 Å². The molecule has 1 N–H and O–H groups in total. The Morgan fingerprint density at radius 2 is 1.94 bits per heavy atom. The maximum atomic E-state index is 12.9. The summed E-state index contributed by atoms with van der Waals surface area (Å²) < 4.78 is 1.98. The first-order chi connectivity index (χ1) is 16.2. The van der Waals surface area contributed by atoms with Gasteiger partial charge in [-0.2, -0.15) is 0 Å². The van der Waals surface area contributed by atoms with E-state index in [0.29, 0.717) is 23.8 Å². The number of anilines is 1. The van der Waals surface area contributed by atoms with Crippen LogP contribution in [0.4, 0.5) is 5.69 Å². The van der Waals surface area contributed by atoms with Crippen LogP contribution in [0.15, 0.2) is 73.3 Å². The maximum absolute atomic E-state index is 12.9. The molecule has 4 aromatic rings. The third kappa shape index (κ3) is 4.68. The van der Waals surface area contributed by atoms with E-state index in [2.05, 4.69) is 44.2 Å². The van der Waals surface area contributed by atoms with Crippen LogP contribution in [0, 0.1) is 11.8 Å². The molecular weight excluding hydrogens is 410 g/mol. The minimum Gasteiger partial charge on any atom is -0.321 e. The number of carbonyl (C=O) groups is 1. The fraction of sp³-hybridized carbons (Fsp3) is 0.185. The van der Waals surface area contributed by atoms with Gasteiger partial charge in [0.25, 0.3) is 5.91 Å². The predicted octanol–water partition coefficient (Wildman–Crippen LogP) is 5.16. The zero-order valence-electron chi connectivity index (χ0n) is 18.3. The first-order valence-electron chi connectivity index (χ1n) is 11.0. The molecule has 0 bridgehead atoms. The lowest BCUT2D eigenvalue weighted by Gasteiger charge is -2.09. The zero-order chi connectivity index (χ0) is 22.6. The summed E-state index contributed by atoms with van der Waals surface area (Å²) in [4.78, 5) is 26.2. The van der Waals surface area contributed by atoms with Crippen molar-refractivity contribution in [3.05, 3.63) is 84.7 Å². The summed E-state index contributed by atoms with van der Waals surface area (Å²) in [5.74, 6) is 7.10. The minimum absolute atomic E-state index is 0.267. The number of aromatic nitrogens is 4. The van der Waals surface area contributed by atoms with Crippen LogP contribution < -0.4 is 5.32 Å². The molecule has 0 radical (unpaired) electrons. The number of hydrogen-bond donors (Lipinski definition) is 1. The quantitative estimate of drug-likeness (QED) is 0.426. The molecule has 1 aliphatic rings. The van der Waals surface area contributed by atoms with E-state index in [9.17, 15) is 4.79 Å². The highest BCUT2D eigenvalue weighted by atomic mass is 16.1. The van der Waals surface area contributed by atoms with E-state index < -0.39 is 0 Å². The highest BCUT2D eigenvalue weighted by Gasteiger charge is 2.24. The summed E-state index contributed by atoms with van der Waals surface area (Å²) in [5.41, 5.74) is 4.96. The van der Waals surface area contributed by atoms with Gasteiger partial charge < -0.3 is 9.88 Å². The second-order valence-electron chi connectivity index (χ2n) is 8.02. The molecule has 1 aliphatic carbocycles. The van der Waals surface area contributed by atoms with E-state index in [0.717, 1.165) is 28.2 Å². The smallest absolute Gasteiger partial charge is 0.274 e. The van der Waals surface area contributed by atoms with Crippen molar-refractivity contribution in [3.8, 4) is 34.4 Å². The van der Waals surface area contributed by atoms with E-state index in [-0.39, 0.29) is 5.91 Å². The molecule has 162 valence electrons. The number of pyridine rings is 2. The Morgan fingerprint density at radius 3 is 2.73 bits per heavy atom. The van der Waals surface area contributed by atoms with Crippen LogP contribution in [-0.2, 0) is 6.54 Å². The van der Waals surface area contributed by atoms with Gasteiger partial charge in [0.05, 0.1) is 6.54 Å². The molecule has 1 saturated carbocycles. The van der Waals surface area contributed by atoms with E-state index >= 15 is 0 Å². The lowest BCUT2D eigenvalue weighted by molar-refractivity contribution is 0.102. The highest BCUT2D eigenvalue weighted by molar-refractivity contribution is 6.03. The number of benzene rings is 1. The summed E-state index contributed by atoms with van der Waals surface area (Å²) >= 11 is 0. The fourth-order valence-corrected chi connectivity index (χ4v) is 3.72. The van der Waals surface area contributed by atoms with Crippen molar-refractivity contribution in [1.29, 1.82) is 0 Å². The average Bonchev–Trinajstić information content (AvgIpc) is 3.60. The summed E-state index contributed by atoms with van der Waals surface area (Å²) in [6, 6.07) is 15.4. The lowest BCUT2D eigenvalue weighted by Crippen LogP contribution is -2.13. The second kappa shape index (κ2) is 9.09. The van der Waals surface area contributed by atoms with Crippen molar-refractivity contribution in [1.82, 2.24) is 19.5 Å². The van der Waals surface area contributed by atoms with E-state index in [1.807, 2.05) is 54.2 Å². The topological polar surface area (TPSA) is 72.7 Å². The predicted molar refractivity (Wildman–Crippen MR) is 129 cm³/mol. The Kier molecular flexibility index (Phi) is 5.69. The van der Waals surface area contributed by atoms with Crippen molar-refractivity contribution in [2.24, 2.45) is 0 Å². The molecule has 0 atom stereocenters. The molecule has 3 aromatic heterocycles. The van der Waals surface area contributed by atoms with Crippen LogP contribution in [0.5, 0.6) is 0 Å². The number of imidazole rings is 1. The third-order valence-corrected chi connectivity index (χ3v) is 5.63. The minimum atomic E-state index is -0.267. The molecule has 6 nitrogen and oxygen atoms in total. The standard InChI is InChI=1S/C27H23N5O/c1-2-3-14-32-15-13-29-26(32)21-5-4-6-23(16-21)31-27(33)25-17-20(11-12-28-25)22-9-10-24(30-18-22)19-7-8-19/h4-6,9-13,15-19H,7-8,14H2,1H3,(H,31,33). The Labute approximate surface area is 192 Å². The van der Waals surface area contributed by atoms with Crippen LogP contribution in [-0.4, -0.2) is 25.4 Å². The Bertz CT molecular complexity index is 1360. The SMILES string of the molecule is CC#CCn1ccnc1-c1cccc(NC(=O)c2cc(-c3ccc(C4CC4)nc3)ccn2)c1. The van der Waals surface area contributed by atoms with Gasteiger partial charge in [-0.05, 0) is 55.7 Å². The number of carbonyl (C=O) groups excluding carboxylic acids is 1. The van der Waals surface area contributed by atoms with Crippen LogP contribution in [0.3, 0.4) is 0 Å². The molecule has 0 unspecified atom stereocenters. The molecule has 0 spiro atoms. The van der Waals surface area contributed by atoms with Crippen molar-refractivity contribution >= 4 is 11.6 Å². The van der Waals surface area contributed by atoms with Crippen LogP contribution in [0.2, 0.25) is 0 Å². The molecule has 3 heterocycles. The van der Waals surface area contributed by atoms with Gasteiger partial charge in [0.2, 0.25) is 0 Å². The van der Waals surface area contributed by atoms with Gasteiger partial charge in [-0.3, -0.25) is 14.8 Å². The molecule has 0 aliphatic heterocycles. The Morgan fingerprint density at radius 1 is 1.03 bits per heavy atom. The van der Waals surface area contributed by atoms with E-state index in [4.69, 9.17) is 0 Å². The number of hydrogen-bond acceptors (Lipinski definition) is 4. The molecular formula is C27H23N5O. The van der Waals surface area contributed by atoms with Crippen molar-refractivity contribution in [3.63, 3.8) is 0 Å². The first kappa shape index (κ1) is 20.7. The van der Waals surface area contributed by atoms with Gasteiger partial charge in [0.1, 0.15) is 11.5 Å².